The number of methoxy groups -OCH3 is 1. The summed E-state index contributed by atoms with van der Waals surface area (Å²) in [6.07, 6.45) is 2.07. The maximum absolute atomic E-state index is 5.82. The molecule has 5 heteroatoms. The van der Waals surface area contributed by atoms with Gasteiger partial charge in [-0.2, -0.15) is 0 Å². The van der Waals surface area contributed by atoms with Crippen LogP contribution in [-0.2, 0) is 23.6 Å². The summed E-state index contributed by atoms with van der Waals surface area (Å²) < 4.78 is 7.14. The van der Waals surface area contributed by atoms with Crippen molar-refractivity contribution in [2.45, 2.75) is 39.1 Å². The Bertz CT molecular complexity index is 312. The van der Waals surface area contributed by atoms with Gasteiger partial charge < -0.3 is 9.30 Å². The lowest BCUT2D eigenvalue weighted by atomic mass is 10.1. The van der Waals surface area contributed by atoms with Crippen molar-refractivity contribution >= 4 is 11.6 Å². The Labute approximate surface area is 102 Å². The van der Waals surface area contributed by atoms with Gasteiger partial charge in [0.25, 0.3) is 0 Å². The molecule has 1 heterocycles. The minimum Gasteiger partial charge on any atom is -0.383 e. The Morgan fingerprint density at radius 3 is 2.56 bits per heavy atom. The highest BCUT2D eigenvalue weighted by Crippen LogP contribution is 2.10. The van der Waals surface area contributed by atoms with Crippen LogP contribution in [0.5, 0.6) is 0 Å². The lowest BCUT2D eigenvalue weighted by molar-refractivity contribution is 0.185. The molecule has 1 aromatic heterocycles. The molecular weight excluding hydrogens is 226 g/mol. The van der Waals surface area contributed by atoms with E-state index >= 15 is 0 Å². The molecule has 0 bridgehead atoms. The predicted octanol–water partition coefficient (Wildman–Crippen LogP) is 2.25. The van der Waals surface area contributed by atoms with Crippen LogP contribution in [0.15, 0.2) is 0 Å². The molecule has 0 aliphatic rings. The minimum atomic E-state index is 0.401. The topological polar surface area (TPSA) is 39.9 Å². The number of ether oxygens (including phenoxy) is 1. The molecule has 92 valence electrons. The number of rotatable bonds is 7. The van der Waals surface area contributed by atoms with Crippen molar-refractivity contribution in [3.05, 3.63) is 11.6 Å². The number of hydrogen-bond acceptors (Lipinski definition) is 3. The third-order valence-corrected chi connectivity index (χ3v) is 2.73. The summed E-state index contributed by atoms with van der Waals surface area (Å²) in [5, 5.41) is 8.28. The van der Waals surface area contributed by atoms with E-state index in [2.05, 4.69) is 28.6 Å². The zero-order valence-corrected chi connectivity index (χ0v) is 11.0. The van der Waals surface area contributed by atoms with Gasteiger partial charge in [0.1, 0.15) is 11.6 Å². The molecule has 0 fully saturated rings. The van der Waals surface area contributed by atoms with Crippen LogP contribution in [0.2, 0.25) is 0 Å². The molecule has 0 unspecified atom stereocenters. The van der Waals surface area contributed by atoms with Gasteiger partial charge in [0.15, 0.2) is 0 Å². The molecule has 1 rings (SSSR count). The highest BCUT2D eigenvalue weighted by Gasteiger charge is 2.11. The average Bonchev–Trinajstić information content (AvgIpc) is 2.65. The van der Waals surface area contributed by atoms with E-state index in [1.807, 2.05) is 0 Å². The minimum absolute atomic E-state index is 0.401. The maximum atomic E-state index is 5.82. The summed E-state index contributed by atoms with van der Waals surface area (Å²) in [5.41, 5.74) is 0. The molecule has 0 saturated carbocycles. The third-order valence-electron chi connectivity index (χ3n) is 2.49. The molecular formula is C11H20ClN3O. The van der Waals surface area contributed by atoms with E-state index in [-0.39, 0.29) is 0 Å². The Kier molecular flexibility index (Phi) is 5.77. The van der Waals surface area contributed by atoms with E-state index in [1.165, 1.54) is 0 Å². The van der Waals surface area contributed by atoms with E-state index < -0.39 is 0 Å². The van der Waals surface area contributed by atoms with E-state index in [0.717, 1.165) is 31.0 Å². The van der Waals surface area contributed by atoms with Gasteiger partial charge in [-0.05, 0) is 12.3 Å². The van der Waals surface area contributed by atoms with Crippen LogP contribution >= 0.6 is 11.6 Å². The van der Waals surface area contributed by atoms with Gasteiger partial charge >= 0.3 is 0 Å². The fraction of sp³-hybridized carbons (Fsp3) is 0.818. The molecule has 0 amide bonds. The second kappa shape index (κ2) is 6.86. The summed E-state index contributed by atoms with van der Waals surface area (Å²) >= 11 is 5.82. The molecule has 0 aliphatic heterocycles. The lowest BCUT2D eigenvalue weighted by Crippen LogP contribution is -2.11. The van der Waals surface area contributed by atoms with E-state index in [0.29, 0.717) is 18.4 Å². The number of hydrogen-bond donors (Lipinski definition) is 0. The molecule has 0 aromatic carbocycles. The highest BCUT2D eigenvalue weighted by molar-refractivity contribution is 6.16. The molecule has 0 aliphatic carbocycles. The zero-order chi connectivity index (χ0) is 12.0. The van der Waals surface area contributed by atoms with E-state index in [4.69, 9.17) is 16.3 Å². The van der Waals surface area contributed by atoms with Gasteiger partial charge in [-0.15, -0.1) is 21.8 Å². The van der Waals surface area contributed by atoms with Crippen LogP contribution in [0.25, 0.3) is 0 Å². The van der Waals surface area contributed by atoms with E-state index in [1.54, 1.807) is 7.11 Å². The Balaban J connectivity index is 2.70. The number of alkyl halides is 1. The molecule has 16 heavy (non-hydrogen) atoms. The molecule has 1 aromatic rings. The molecule has 0 atom stereocenters. The number of halogens is 1. The summed E-state index contributed by atoms with van der Waals surface area (Å²) in [5.74, 6) is 2.92. The van der Waals surface area contributed by atoms with Crippen LogP contribution in [0, 0.1) is 5.92 Å². The predicted molar refractivity (Wildman–Crippen MR) is 64.6 cm³/mol. The fourth-order valence-corrected chi connectivity index (χ4v) is 1.71. The second-order valence-corrected chi connectivity index (χ2v) is 4.51. The number of aromatic nitrogens is 3. The highest BCUT2D eigenvalue weighted by atomic mass is 35.5. The molecule has 0 radical (unpaired) electrons. The van der Waals surface area contributed by atoms with Crippen molar-refractivity contribution in [3.8, 4) is 0 Å². The van der Waals surface area contributed by atoms with Gasteiger partial charge in [-0.1, -0.05) is 13.8 Å². The fourth-order valence-electron chi connectivity index (χ4n) is 1.51. The monoisotopic (exact) mass is 245 g/mol. The smallest absolute Gasteiger partial charge is 0.148 e. The Morgan fingerprint density at radius 1 is 1.31 bits per heavy atom. The Morgan fingerprint density at radius 2 is 2.00 bits per heavy atom. The first-order chi connectivity index (χ1) is 7.69. The number of aryl methyl sites for hydroxylation is 1. The molecule has 0 N–H and O–H groups in total. The summed E-state index contributed by atoms with van der Waals surface area (Å²) in [7, 11) is 1.69. The van der Waals surface area contributed by atoms with E-state index in [9.17, 15) is 0 Å². The van der Waals surface area contributed by atoms with Gasteiger partial charge in [-0.3, -0.25) is 0 Å². The molecule has 4 nitrogen and oxygen atoms in total. The second-order valence-electron chi connectivity index (χ2n) is 4.24. The molecule has 0 saturated heterocycles. The first kappa shape index (κ1) is 13.5. The third kappa shape index (κ3) is 3.76. The van der Waals surface area contributed by atoms with Crippen LogP contribution in [0.4, 0.5) is 0 Å². The van der Waals surface area contributed by atoms with Crippen molar-refractivity contribution in [2.24, 2.45) is 5.92 Å². The standard InChI is InChI=1S/C11H20ClN3O/c1-9(2)4-5-10-13-14-11(8-12)15(10)6-7-16-3/h9H,4-8H2,1-3H3. The SMILES string of the molecule is COCCn1c(CCl)nnc1CCC(C)C. The van der Waals surface area contributed by atoms with Crippen molar-refractivity contribution < 1.29 is 4.74 Å². The zero-order valence-electron chi connectivity index (χ0n) is 10.2. The first-order valence-electron chi connectivity index (χ1n) is 5.64. The van der Waals surface area contributed by atoms with Crippen LogP contribution in [0.3, 0.4) is 0 Å². The van der Waals surface area contributed by atoms with Crippen LogP contribution in [0.1, 0.15) is 31.9 Å². The Hall–Kier alpha value is -0.610. The van der Waals surface area contributed by atoms with Crippen molar-refractivity contribution in [3.63, 3.8) is 0 Å². The summed E-state index contributed by atoms with van der Waals surface area (Å²) in [6.45, 7) is 5.85. The molecule has 0 spiro atoms. The van der Waals surface area contributed by atoms with Gasteiger partial charge in [0, 0.05) is 20.1 Å². The van der Waals surface area contributed by atoms with Crippen molar-refractivity contribution in [1.29, 1.82) is 0 Å². The van der Waals surface area contributed by atoms with Crippen LogP contribution in [-0.4, -0.2) is 28.5 Å². The summed E-state index contributed by atoms with van der Waals surface area (Å²) in [4.78, 5) is 0. The number of nitrogens with zero attached hydrogens (tertiary/aromatic N) is 3. The first-order valence-corrected chi connectivity index (χ1v) is 6.18. The van der Waals surface area contributed by atoms with Gasteiger partial charge in [0.2, 0.25) is 0 Å². The largest absolute Gasteiger partial charge is 0.383 e. The maximum Gasteiger partial charge on any atom is 0.148 e. The van der Waals surface area contributed by atoms with Crippen molar-refractivity contribution in [1.82, 2.24) is 14.8 Å². The summed E-state index contributed by atoms with van der Waals surface area (Å²) in [6, 6.07) is 0. The van der Waals surface area contributed by atoms with Crippen LogP contribution < -0.4 is 0 Å². The quantitative estimate of drug-likeness (QED) is 0.692. The van der Waals surface area contributed by atoms with Gasteiger partial charge in [0.05, 0.1) is 12.5 Å². The van der Waals surface area contributed by atoms with Crippen molar-refractivity contribution in [2.75, 3.05) is 13.7 Å². The average molecular weight is 246 g/mol. The normalized spacial score (nSPS) is 11.3. The van der Waals surface area contributed by atoms with Gasteiger partial charge in [-0.25, -0.2) is 0 Å². The lowest BCUT2D eigenvalue weighted by Gasteiger charge is -2.09.